The van der Waals surface area contributed by atoms with E-state index < -0.39 is 0 Å². The molecule has 0 bridgehead atoms. The van der Waals surface area contributed by atoms with Crippen molar-refractivity contribution in [2.75, 3.05) is 18.0 Å². The highest BCUT2D eigenvalue weighted by Crippen LogP contribution is 2.29. The zero-order valence-corrected chi connectivity index (χ0v) is 13.4. The second kappa shape index (κ2) is 7.68. The number of nitrogens with one attached hydrogen (secondary N) is 1. The summed E-state index contributed by atoms with van der Waals surface area (Å²) in [6.45, 7) is 10.00. The molecule has 1 saturated heterocycles. The first-order valence-corrected chi connectivity index (χ1v) is 8.33. The van der Waals surface area contributed by atoms with E-state index in [2.05, 4.69) is 49.2 Å². The average Bonchev–Trinajstić information content (AvgIpc) is 2.70. The van der Waals surface area contributed by atoms with Crippen LogP contribution in [0.2, 0.25) is 0 Å². The molecule has 1 fully saturated rings. The van der Waals surface area contributed by atoms with Gasteiger partial charge in [-0.25, -0.2) is 0 Å². The molecule has 1 aliphatic heterocycles. The first-order valence-electron chi connectivity index (χ1n) is 8.33. The summed E-state index contributed by atoms with van der Waals surface area (Å²) >= 11 is 0. The third kappa shape index (κ3) is 3.76. The van der Waals surface area contributed by atoms with Crippen LogP contribution in [-0.4, -0.2) is 19.1 Å². The molecule has 0 spiro atoms. The molecule has 2 rings (SSSR count). The van der Waals surface area contributed by atoms with Gasteiger partial charge in [-0.15, -0.1) is 0 Å². The molecule has 0 aromatic heterocycles. The molecule has 1 heterocycles. The molecule has 2 heteroatoms. The van der Waals surface area contributed by atoms with Crippen LogP contribution in [0.4, 0.5) is 5.69 Å². The molecule has 0 radical (unpaired) electrons. The summed E-state index contributed by atoms with van der Waals surface area (Å²) in [5.74, 6) is 0. The van der Waals surface area contributed by atoms with E-state index in [4.69, 9.17) is 0 Å². The molecule has 0 saturated carbocycles. The van der Waals surface area contributed by atoms with Crippen LogP contribution in [-0.2, 0) is 6.54 Å². The van der Waals surface area contributed by atoms with Crippen LogP contribution in [0.3, 0.4) is 0 Å². The number of hydrogen-bond donors (Lipinski definition) is 1. The van der Waals surface area contributed by atoms with Gasteiger partial charge < -0.3 is 10.2 Å². The van der Waals surface area contributed by atoms with Gasteiger partial charge in [0.25, 0.3) is 0 Å². The van der Waals surface area contributed by atoms with Crippen LogP contribution >= 0.6 is 0 Å². The Labute approximate surface area is 124 Å². The highest BCUT2D eigenvalue weighted by molar-refractivity contribution is 5.55. The monoisotopic (exact) mass is 274 g/mol. The maximum atomic E-state index is 3.41. The topological polar surface area (TPSA) is 15.3 Å². The van der Waals surface area contributed by atoms with E-state index in [0.717, 1.165) is 19.1 Å². The molecule has 1 aliphatic rings. The van der Waals surface area contributed by atoms with Crippen LogP contribution in [0.5, 0.6) is 0 Å². The van der Waals surface area contributed by atoms with Crippen molar-refractivity contribution in [3.05, 3.63) is 29.3 Å². The lowest BCUT2D eigenvalue weighted by molar-refractivity contribution is 0.555. The number of aryl methyl sites for hydroxylation is 1. The van der Waals surface area contributed by atoms with Crippen LogP contribution in [0.15, 0.2) is 18.2 Å². The quantitative estimate of drug-likeness (QED) is 0.863. The Morgan fingerprint density at radius 3 is 2.75 bits per heavy atom. The van der Waals surface area contributed by atoms with Crippen LogP contribution in [0.1, 0.15) is 57.1 Å². The van der Waals surface area contributed by atoms with Crippen molar-refractivity contribution >= 4 is 5.69 Å². The van der Waals surface area contributed by atoms with E-state index in [9.17, 15) is 0 Å². The van der Waals surface area contributed by atoms with Gasteiger partial charge >= 0.3 is 0 Å². The van der Waals surface area contributed by atoms with E-state index in [1.54, 1.807) is 0 Å². The predicted octanol–water partition coefficient (Wildman–Crippen LogP) is 4.26. The average molecular weight is 274 g/mol. The molecular weight excluding hydrogens is 244 g/mol. The maximum Gasteiger partial charge on any atom is 0.0398 e. The fourth-order valence-corrected chi connectivity index (χ4v) is 3.34. The Bertz CT molecular complexity index is 414. The van der Waals surface area contributed by atoms with Gasteiger partial charge in [-0.05, 0) is 49.9 Å². The molecule has 1 aromatic rings. The SMILES string of the molecule is CCNCc1ccc(N2CCCCCC2CC)c(C)c1. The lowest BCUT2D eigenvalue weighted by Gasteiger charge is -2.33. The first-order chi connectivity index (χ1) is 9.76. The molecule has 1 atom stereocenters. The molecular formula is C18H30N2. The Hall–Kier alpha value is -1.02. The largest absolute Gasteiger partial charge is 0.368 e. The summed E-state index contributed by atoms with van der Waals surface area (Å²) in [6.07, 6.45) is 6.75. The van der Waals surface area contributed by atoms with Gasteiger partial charge in [0.05, 0.1) is 0 Å². The second-order valence-corrected chi connectivity index (χ2v) is 6.01. The van der Waals surface area contributed by atoms with Gasteiger partial charge in [0.2, 0.25) is 0 Å². The maximum absolute atomic E-state index is 3.41. The van der Waals surface area contributed by atoms with Gasteiger partial charge in [-0.3, -0.25) is 0 Å². The van der Waals surface area contributed by atoms with Gasteiger partial charge in [-0.2, -0.15) is 0 Å². The third-order valence-electron chi connectivity index (χ3n) is 4.50. The second-order valence-electron chi connectivity index (χ2n) is 6.01. The van der Waals surface area contributed by atoms with Gasteiger partial charge in [0.1, 0.15) is 0 Å². The Morgan fingerprint density at radius 1 is 1.20 bits per heavy atom. The Kier molecular flexibility index (Phi) is 5.90. The van der Waals surface area contributed by atoms with Crippen molar-refractivity contribution < 1.29 is 0 Å². The highest BCUT2D eigenvalue weighted by Gasteiger charge is 2.20. The molecule has 1 N–H and O–H groups in total. The van der Waals surface area contributed by atoms with Crippen LogP contribution < -0.4 is 10.2 Å². The zero-order chi connectivity index (χ0) is 14.4. The van der Waals surface area contributed by atoms with Crippen molar-refractivity contribution in [2.45, 2.75) is 65.5 Å². The van der Waals surface area contributed by atoms with E-state index >= 15 is 0 Å². The van der Waals surface area contributed by atoms with E-state index in [0.29, 0.717) is 0 Å². The van der Waals surface area contributed by atoms with Crippen LogP contribution in [0.25, 0.3) is 0 Å². The minimum absolute atomic E-state index is 0.732. The summed E-state index contributed by atoms with van der Waals surface area (Å²) in [7, 11) is 0. The number of anilines is 1. The van der Waals surface area contributed by atoms with Crippen molar-refractivity contribution in [2.24, 2.45) is 0 Å². The standard InChI is InChI=1S/C18H30N2/c1-4-17-9-7-6-8-12-20(17)18-11-10-16(13-15(18)3)14-19-5-2/h10-11,13,17,19H,4-9,12,14H2,1-3H3. The zero-order valence-electron chi connectivity index (χ0n) is 13.4. The molecule has 2 nitrogen and oxygen atoms in total. The van der Waals surface area contributed by atoms with Gasteiger partial charge in [-0.1, -0.05) is 38.8 Å². The van der Waals surface area contributed by atoms with Crippen molar-refractivity contribution in [3.63, 3.8) is 0 Å². The predicted molar refractivity (Wildman–Crippen MR) is 88.5 cm³/mol. The van der Waals surface area contributed by atoms with Crippen molar-refractivity contribution in [1.29, 1.82) is 0 Å². The van der Waals surface area contributed by atoms with Gasteiger partial charge in [0.15, 0.2) is 0 Å². The number of hydrogen-bond acceptors (Lipinski definition) is 2. The van der Waals surface area contributed by atoms with Crippen molar-refractivity contribution in [1.82, 2.24) is 5.32 Å². The lowest BCUT2D eigenvalue weighted by Crippen LogP contribution is -2.34. The lowest BCUT2D eigenvalue weighted by atomic mass is 10.0. The summed E-state index contributed by atoms with van der Waals surface area (Å²) in [6, 6.07) is 7.73. The summed E-state index contributed by atoms with van der Waals surface area (Å²) < 4.78 is 0. The number of nitrogens with zero attached hydrogens (tertiary/aromatic N) is 1. The van der Waals surface area contributed by atoms with Crippen LogP contribution in [0, 0.1) is 6.92 Å². The number of rotatable bonds is 5. The minimum atomic E-state index is 0.732. The highest BCUT2D eigenvalue weighted by atomic mass is 15.2. The molecule has 0 aliphatic carbocycles. The number of benzene rings is 1. The summed E-state index contributed by atoms with van der Waals surface area (Å²) in [5.41, 5.74) is 4.29. The van der Waals surface area contributed by atoms with E-state index in [-0.39, 0.29) is 0 Å². The summed E-state index contributed by atoms with van der Waals surface area (Å²) in [4.78, 5) is 2.67. The Morgan fingerprint density at radius 2 is 2.05 bits per heavy atom. The first kappa shape index (κ1) is 15.4. The smallest absolute Gasteiger partial charge is 0.0398 e. The molecule has 0 amide bonds. The van der Waals surface area contributed by atoms with Crippen molar-refractivity contribution in [3.8, 4) is 0 Å². The molecule has 1 unspecified atom stereocenters. The normalized spacial score (nSPS) is 19.9. The fraction of sp³-hybridized carbons (Fsp3) is 0.667. The molecule has 1 aromatic carbocycles. The third-order valence-corrected chi connectivity index (χ3v) is 4.50. The van der Waals surface area contributed by atoms with E-state index in [1.165, 1.54) is 55.5 Å². The fourth-order valence-electron chi connectivity index (χ4n) is 3.34. The van der Waals surface area contributed by atoms with E-state index in [1.807, 2.05) is 0 Å². The Balaban J connectivity index is 2.17. The molecule has 20 heavy (non-hydrogen) atoms. The molecule has 112 valence electrons. The van der Waals surface area contributed by atoms with Gasteiger partial charge in [0, 0.05) is 24.8 Å². The minimum Gasteiger partial charge on any atom is -0.368 e. The summed E-state index contributed by atoms with van der Waals surface area (Å²) in [5, 5.41) is 3.41.